The number of aliphatic imine (C=N–C) groups is 1. The molecular weight excluding hydrogens is 166 g/mol. The Labute approximate surface area is 76.7 Å². The predicted octanol–water partition coefficient (Wildman–Crippen LogP) is 1.09. The molecule has 1 unspecified atom stereocenters. The number of aliphatic hydroxyl groups excluding tert-OH is 1. The molecule has 0 spiro atoms. The van der Waals surface area contributed by atoms with Crippen LogP contribution in [0, 0.1) is 6.92 Å². The summed E-state index contributed by atoms with van der Waals surface area (Å²) in [6.45, 7) is 2.29. The third-order valence-electron chi connectivity index (χ3n) is 1.93. The van der Waals surface area contributed by atoms with E-state index in [-0.39, 0.29) is 6.61 Å². The molecule has 0 aromatic heterocycles. The first kappa shape index (κ1) is 8.26. The number of rotatable bonds is 1. The number of aryl methyl sites for hydroxylation is 1. The van der Waals surface area contributed by atoms with Gasteiger partial charge >= 0.3 is 0 Å². The fourth-order valence-corrected chi connectivity index (χ4v) is 1.22. The highest BCUT2D eigenvalue weighted by Gasteiger charge is 2.16. The van der Waals surface area contributed by atoms with Gasteiger partial charge in [-0.15, -0.1) is 0 Å². The van der Waals surface area contributed by atoms with Crippen molar-refractivity contribution >= 4 is 5.90 Å². The average Bonchev–Trinajstić information content (AvgIpc) is 2.53. The van der Waals surface area contributed by atoms with E-state index in [2.05, 4.69) is 4.99 Å². The van der Waals surface area contributed by atoms with Crippen molar-refractivity contribution in [3.05, 3.63) is 35.4 Å². The molecule has 0 saturated heterocycles. The smallest absolute Gasteiger partial charge is 0.218 e. The molecule has 13 heavy (non-hydrogen) atoms. The molecule has 1 aliphatic heterocycles. The Hall–Kier alpha value is -1.35. The lowest BCUT2D eigenvalue weighted by molar-refractivity contribution is 0.139. The van der Waals surface area contributed by atoms with Crippen LogP contribution in [0.4, 0.5) is 0 Å². The third kappa shape index (κ3) is 1.70. The zero-order valence-corrected chi connectivity index (χ0v) is 7.40. The van der Waals surface area contributed by atoms with E-state index in [0.29, 0.717) is 5.90 Å². The SMILES string of the molecule is Cc1ccc(C2=NC(O)CO2)cc1. The summed E-state index contributed by atoms with van der Waals surface area (Å²) >= 11 is 0. The number of hydrogen-bond donors (Lipinski definition) is 1. The third-order valence-corrected chi connectivity index (χ3v) is 1.93. The first-order valence-corrected chi connectivity index (χ1v) is 4.21. The molecule has 0 bridgehead atoms. The highest BCUT2D eigenvalue weighted by Crippen LogP contribution is 2.11. The maximum atomic E-state index is 9.10. The number of ether oxygens (including phenoxy) is 1. The van der Waals surface area contributed by atoms with Crippen molar-refractivity contribution < 1.29 is 9.84 Å². The second-order valence-electron chi connectivity index (χ2n) is 3.09. The lowest BCUT2D eigenvalue weighted by Gasteiger charge is -2.00. The second-order valence-corrected chi connectivity index (χ2v) is 3.09. The van der Waals surface area contributed by atoms with E-state index in [1.807, 2.05) is 31.2 Å². The summed E-state index contributed by atoms with van der Waals surface area (Å²) in [5, 5.41) is 9.10. The van der Waals surface area contributed by atoms with Gasteiger partial charge in [0.15, 0.2) is 6.23 Å². The molecule has 1 heterocycles. The van der Waals surface area contributed by atoms with Gasteiger partial charge in [-0.25, -0.2) is 4.99 Å². The average molecular weight is 177 g/mol. The topological polar surface area (TPSA) is 41.8 Å². The highest BCUT2D eigenvalue weighted by atomic mass is 16.5. The van der Waals surface area contributed by atoms with E-state index in [0.717, 1.165) is 5.56 Å². The van der Waals surface area contributed by atoms with Crippen LogP contribution >= 0.6 is 0 Å². The maximum Gasteiger partial charge on any atom is 0.218 e. The van der Waals surface area contributed by atoms with Crippen molar-refractivity contribution in [1.82, 2.24) is 0 Å². The minimum absolute atomic E-state index is 0.267. The molecule has 1 N–H and O–H groups in total. The molecular formula is C10H11NO2. The minimum atomic E-state index is -0.698. The van der Waals surface area contributed by atoms with Crippen LogP contribution in [-0.4, -0.2) is 23.8 Å². The first-order valence-electron chi connectivity index (χ1n) is 4.21. The van der Waals surface area contributed by atoms with E-state index in [9.17, 15) is 0 Å². The largest absolute Gasteiger partial charge is 0.473 e. The van der Waals surface area contributed by atoms with E-state index in [4.69, 9.17) is 9.84 Å². The van der Waals surface area contributed by atoms with Gasteiger partial charge in [-0.05, 0) is 19.1 Å². The van der Waals surface area contributed by atoms with Crippen LogP contribution in [0.25, 0.3) is 0 Å². The summed E-state index contributed by atoms with van der Waals surface area (Å²) in [7, 11) is 0. The Bertz CT molecular complexity index is 329. The number of hydrogen-bond acceptors (Lipinski definition) is 3. The van der Waals surface area contributed by atoms with E-state index < -0.39 is 6.23 Å². The molecule has 0 saturated carbocycles. The van der Waals surface area contributed by atoms with Gasteiger partial charge in [-0.3, -0.25) is 0 Å². The van der Waals surface area contributed by atoms with Crippen LogP contribution in [0.2, 0.25) is 0 Å². The van der Waals surface area contributed by atoms with Crippen LogP contribution in [0.1, 0.15) is 11.1 Å². The quantitative estimate of drug-likeness (QED) is 0.697. The fraction of sp³-hybridized carbons (Fsp3) is 0.300. The van der Waals surface area contributed by atoms with Gasteiger partial charge in [-0.1, -0.05) is 17.7 Å². The van der Waals surface area contributed by atoms with Crippen molar-refractivity contribution in [2.75, 3.05) is 6.61 Å². The van der Waals surface area contributed by atoms with Crippen molar-refractivity contribution in [3.63, 3.8) is 0 Å². The van der Waals surface area contributed by atoms with Crippen molar-refractivity contribution in [2.24, 2.45) is 4.99 Å². The predicted molar refractivity (Wildman–Crippen MR) is 49.7 cm³/mol. The van der Waals surface area contributed by atoms with Crippen LogP contribution in [0.3, 0.4) is 0 Å². The van der Waals surface area contributed by atoms with Crippen LogP contribution in [0.15, 0.2) is 29.3 Å². The van der Waals surface area contributed by atoms with Crippen molar-refractivity contribution in [1.29, 1.82) is 0 Å². The van der Waals surface area contributed by atoms with E-state index in [1.54, 1.807) is 0 Å². The van der Waals surface area contributed by atoms with E-state index in [1.165, 1.54) is 5.56 Å². The molecule has 3 nitrogen and oxygen atoms in total. The van der Waals surface area contributed by atoms with E-state index >= 15 is 0 Å². The monoisotopic (exact) mass is 177 g/mol. The summed E-state index contributed by atoms with van der Waals surface area (Å²) in [6.07, 6.45) is -0.698. The molecule has 2 rings (SSSR count). The summed E-state index contributed by atoms with van der Waals surface area (Å²) in [6, 6.07) is 7.86. The van der Waals surface area contributed by atoms with Gasteiger partial charge < -0.3 is 9.84 Å². The molecule has 68 valence electrons. The first-order chi connectivity index (χ1) is 6.25. The molecule has 1 aliphatic rings. The van der Waals surface area contributed by atoms with Crippen LogP contribution < -0.4 is 0 Å². The summed E-state index contributed by atoms with van der Waals surface area (Å²) in [4.78, 5) is 3.94. The summed E-state index contributed by atoms with van der Waals surface area (Å²) in [5.74, 6) is 0.535. The Morgan fingerprint density at radius 1 is 1.38 bits per heavy atom. The zero-order chi connectivity index (χ0) is 9.26. The van der Waals surface area contributed by atoms with Gasteiger partial charge in [0.1, 0.15) is 6.61 Å². The summed E-state index contributed by atoms with van der Waals surface area (Å²) in [5.41, 5.74) is 2.12. The Kier molecular flexibility index (Phi) is 2.02. The number of nitrogens with zero attached hydrogens (tertiary/aromatic N) is 1. The molecule has 0 aliphatic carbocycles. The normalized spacial score (nSPS) is 21.1. The minimum Gasteiger partial charge on any atom is -0.473 e. The molecule has 1 aromatic rings. The van der Waals surface area contributed by atoms with Gasteiger partial charge in [0.25, 0.3) is 0 Å². The highest BCUT2D eigenvalue weighted by molar-refractivity contribution is 5.95. The Balaban J connectivity index is 2.26. The standard InChI is InChI=1S/C10H11NO2/c1-7-2-4-8(5-3-7)10-11-9(12)6-13-10/h2-5,9,12H,6H2,1H3. The van der Waals surface area contributed by atoms with Crippen molar-refractivity contribution in [3.8, 4) is 0 Å². The molecule has 1 aromatic carbocycles. The second kappa shape index (κ2) is 3.18. The van der Waals surface area contributed by atoms with Gasteiger partial charge in [0.2, 0.25) is 5.90 Å². The number of benzene rings is 1. The van der Waals surface area contributed by atoms with Crippen molar-refractivity contribution in [2.45, 2.75) is 13.2 Å². The Morgan fingerprint density at radius 3 is 2.62 bits per heavy atom. The lowest BCUT2D eigenvalue weighted by Crippen LogP contribution is -2.03. The van der Waals surface area contributed by atoms with Gasteiger partial charge in [0.05, 0.1) is 0 Å². The Morgan fingerprint density at radius 2 is 2.08 bits per heavy atom. The van der Waals surface area contributed by atoms with Crippen LogP contribution in [-0.2, 0) is 4.74 Å². The fourth-order valence-electron chi connectivity index (χ4n) is 1.22. The summed E-state index contributed by atoms with van der Waals surface area (Å²) < 4.78 is 5.19. The zero-order valence-electron chi connectivity index (χ0n) is 7.40. The van der Waals surface area contributed by atoms with Crippen LogP contribution in [0.5, 0.6) is 0 Å². The van der Waals surface area contributed by atoms with Gasteiger partial charge in [-0.2, -0.15) is 0 Å². The number of aliphatic hydroxyl groups is 1. The lowest BCUT2D eigenvalue weighted by atomic mass is 10.1. The molecule has 0 fully saturated rings. The molecule has 0 amide bonds. The maximum absolute atomic E-state index is 9.10. The molecule has 3 heteroatoms. The van der Waals surface area contributed by atoms with Gasteiger partial charge in [0, 0.05) is 5.56 Å². The molecule has 1 atom stereocenters. The molecule has 0 radical (unpaired) electrons.